The molecular formula is C10H11NO. The highest BCUT2D eigenvalue weighted by atomic mass is 16.1. The van der Waals surface area contributed by atoms with Gasteiger partial charge in [-0.3, -0.25) is 0 Å². The second-order valence-electron chi connectivity index (χ2n) is 2.00. The fraction of sp³-hybridized carbons (Fsp3) is 0.100. The maximum Gasteiger partial charge on any atom is 0.116 e. The standard InChI is InChI=1S/C8H7N.C2H4O/c1-2-7-3-5-8(9)6-4-7;1-2-3/h1,3-6H,9H2;2H,1H3. The van der Waals surface area contributed by atoms with Gasteiger partial charge in [0.2, 0.25) is 0 Å². The Labute approximate surface area is 72.4 Å². The van der Waals surface area contributed by atoms with E-state index in [0.29, 0.717) is 0 Å². The first-order valence-electron chi connectivity index (χ1n) is 3.46. The molecule has 1 rings (SSSR count). The maximum absolute atomic E-state index is 8.81. The first-order chi connectivity index (χ1) is 5.74. The highest BCUT2D eigenvalue weighted by Crippen LogP contribution is 2.02. The minimum absolute atomic E-state index is 0.744. The van der Waals surface area contributed by atoms with Gasteiger partial charge in [0.15, 0.2) is 0 Å². The van der Waals surface area contributed by atoms with Gasteiger partial charge in [0.05, 0.1) is 0 Å². The molecule has 0 aliphatic carbocycles. The first kappa shape index (κ1) is 10.2. The van der Waals surface area contributed by atoms with Crippen molar-refractivity contribution < 1.29 is 4.79 Å². The van der Waals surface area contributed by atoms with Gasteiger partial charge in [0, 0.05) is 11.3 Å². The molecule has 0 atom stereocenters. The molecule has 2 N–H and O–H groups in total. The molecule has 0 unspecified atom stereocenters. The van der Waals surface area contributed by atoms with E-state index < -0.39 is 0 Å². The lowest BCUT2D eigenvalue weighted by Gasteiger charge is -1.89. The van der Waals surface area contributed by atoms with Crippen LogP contribution in [0.25, 0.3) is 0 Å². The number of benzene rings is 1. The number of nitrogens with two attached hydrogens (primary N) is 1. The summed E-state index contributed by atoms with van der Waals surface area (Å²) in [7, 11) is 0. The van der Waals surface area contributed by atoms with Gasteiger partial charge in [-0.05, 0) is 31.2 Å². The van der Waals surface area contributed by atoms with Crippen LogP contribution in [0.2, 0.25) is 0 Å². The normalized spacial score (nSPS) is 7.33. The van der Waals surface area contributed by atoms with Crippen molar-refractivity contribution in [1.82, 2.24) is 0 Å². The van der Waals surface area contributed by atoms with Crippen molar-refractivity contribution in [2.24, 2.45) is 0 Å². The van der Waals surface area contributed by atoms with E-state index in [9.17, 15) is 0 Å². The van der Waals surface area contributed by atoms with E-state index in [-0.39, 0.29) is 0 Å². The molecule has 0 aromatic heterocycles. The Kier molecular flexibility index (Phi) is 5.12. The minimum Gasteiger partial charge on any atom is -0.399 e. The summed E-state index contributed by atoms with van der Waals surface area (Å²) in [5.41, 5.74) is 7.02. The van der Waals surface area contributed by atoms with E-state index in [1.807, 2.05) is 12.1 Å². The smallest absolute Gasteiger partial charge is 0.116 e. The molecule has 0 amide bonds. The topological polar surface area (TPSA) is 43.1 Å². The van der Waals surface area contributed by atoms with E-state index in [4.69, 9.17) is 17.0 Å². The van der Waals surface area contributed by atoms with Crippen LogP contribution in [-0.4, -0.2) is 6.29 Å². The summed E-state index contributed by atoms with van der Waals surface area (Å²) in [5, 5.41) is 0. The van der Waals surface area contributed by atoms with E-state index >= 15 is 0 Å². The van der Waals surface area contributed by atoms with Gasteiger partial charge < -0.3 is 10.5 Å². The Morgan fingerprint density at radius 1 is 1.42 bits per heavy atom. The molecule has 2 heteroatoms. The molecule has 62 valence electrons. The number of hydrogen-bond acceptors (Lipinski definition) is 2. The zero-order valence-electron chi connectivity index (χ0n) is 6.95. The number of nitrogen functional groups attached to an aromatic ring is 1. The predicted molar refractivity (Wildman–Crippen MR) is 50.5 cm³/mol. The molecule has 1 aromatic carbocycles. The zero-order valence-corrected chi connectivity index (χ0v) is 6.95. The Morgan fingerprint density at radius 2 is 1.83 bits per heavy atom. The Balaban J connectivity index is 0.000000354. The van der Waals surface area contributed by atoms with Gasteiger partial charge in [-0.2, -0.15) is 0 Å². The lowest BCUT2D eigenvalue weighted by molar-refractivity contribution is -0.106. The monoisotopic (exact) mass is 161 g/mol. The lowest BCUT2D eigenvalue weighted by atomic mass is 10.2. The van der Waals surface area contributed by atoms with Crippen LogP contribution in [0.1, 0.15) is 12.5 Å². The van der Waals surface area contributed by atoms with Crippen LogP contribution in [0.5, 0.6) is 0 Å². The molecule has 0 saturated carbocycles. The molecule has 0 aliphatic heterocycles. The summed E-state index contributed by atoms with van der Waals surface area (Å²) in [4.78, 5) is 8.81. The van der Waals surface area contributed by atoms with Gasteiger partial charge >= 0.3 is 0 Å². The number of carbonyl (C=O) groups is 1. The van der Waals surface area contributed by atoms with E-state index in [1.165, 1.54) is 6.92 Å². The summed E-state index contributed by atoms with van der Waals surface area (Å²) in [6.45, 7) is 1.44. The molecule has 0 spiro atoms. The van der Waals surface area contributed by atoms with Gasteiger partial charge in [-0.15, -0.1) is 6.42 Å². The number of carbonyl (C=O) groups excluding carboxylic acids is 1. The zero-order chi connectivity index (χ0) is 9.40. The SMILES string of the molecule is C#Cc1ccc(N)cc1.CC=O. The van der Waals surface area contributed by atoms with Crippen LogP contribution in [0, 0.1) is 12.3 Å². The molecule has 0 saturated heterocycles. The third-order valence-electron chi connectivity index (χ3n) is 1.08. The quantitative estimate of drug-likeness (QED) is 0.355. The second kappa shape index (κ2) is 5.99. The van der Waals surface area contributed by atoms with Crippen molar-refractivity contribution in [1.29, 1.82) is 0 Å². The fourth-order valence-corrected chi connectivity index (χ4v) is 0.579. The summed E-state index contributed by atoms with van der Waals surface area (Å²) in [5.74, 6) is 2.50. The molecule has 2 nitrogen and oxygen atoms in total. The van der Waals surface area contributed by atoms with Crippen molar-refractivity contribution >= 4 is 12.0 Å². The molecule has 1 aromatic rings. The Hall–Kier alpha value is -1.75. The van der Waals surface area contributed by atoms with Crippen molar-refractivity contribution in [2.75, 3.05) is 5.73 Å². The minimum atomic E-state index is 0.744. The summed E-state index contributed by atoms with van der Waals surface area (Å²) >= 11 is 0. The summed E-state index contributed by atoms with van der Waals surface area (Å²) in [6, 6.07) is 7.20. The molecule has 0 bridgehead atoms. The van der Waals surface area contributed by atoms with Crippen LogP contribution in [0.4, 0.5) is 5.69 Å². The third kappa shape index (κ3) is 4.13. The number of rotatable bonds is 0. The van der Waals surface area contributed by atoms with E-state index in [2.05, 4.69) is 5.92 Å². The highest BCUT2D eigenvalue weighted by Gasteiger charge is 1.83. The largest absolute Gasteiger partial charge is 0.399 e. The van der Waals surface area contributed by atoms with E-state index in [1.54, 1.807) is 12.1 Å². The van der Waals surface area contributed by atoms with Crippen LogP contribution >= 0.6 is 0 Å². The lowest BCUT2D eigenvalue weighted by Crippen LogP contribution is -1.82. The number of hydrogen-bond donors (Lipinski definition) is 1. The van der Waals surface area contributed by atoms with Crippen molar-refractivity contribution in [3.05, 3.63) is 29.8 Å². The molecule has 0 aliphatic rings. The Bertz CT molecular complexity index is 269. The summed E-state index contributed by atoms with van der Waals surface area (Å²) in [6.07, 6.45) is 5.86. The first-order valence-corrected chi connectivity index (χ1v) is 3.46. The maximum atomic E-state index is 8.81. The number of anilines is 1. The van der Waals surface area contributed by atoms with Gasteiger partial charge in [0.25, 0.3) is 0 Å². The van der Waals surface area contributed by atoms with Gasteiger partial charge in [-0.25, -0.2) is 0 Å². The molecular weight excluding hydrogens is 150 g/mol. The molecule has 0 radical (unpaired) electrons. The molecule has 12 heavy (non-hydrogen) atoms. The van der Waals surface area contributed by atoms with Crippen molar-refractivity contribution in [2.45, 2.75) is 6.92 Å². The second-order valence-corrected chi connectivity index (χ2v) is 2.00. The van der Waals surface area contributed by atoms with Crippen molar-refractivity contribution in [3.63, 3.8) is 0 Å². The molecule has 0 heterocycles. The van der Waals surface area contributed by atoms with E-state index in [0.717, 1.165) is 17.5 Å². The fourth-order valence-electron chi connectivity index (χ4n) is 0.579. The van der Waals surface area contributed by atoms with Crippen LogP contribution in [0.15, 0.2) is 24.3 Å². The van der Waals surface area contributed by atoms with Crippen molar-refractivity contribution in [3.8, 4) is 12.3 Å². The average molecular weight is 161 g/mol. The highest BCUT2D eigenvalue weighted by molar-refractivity contribution is 5.44. The van der Waals surface area contributed by atoms with Crippen LogP contribution < -0.4 is 5.73 Å². The van der Waals surface area contributed by atoms with Gasteiger partial charge in [0.1, 0.15) is 6.29 Å². The van der Waals surface area contributed by atoms with Crippen LogP contribution in [0.3, 0.4) is 0 Å². The average Bonchev–Trinajstić information content (AvgIpc) is 2.07. The number of terminal acetylenes is 1. The van der Waals surface area contributed by atoms with Gasteiger partial charge in [-0.1, -0.05) is 5.92 Å². The molecule has 0 fully saturated rings. The number of aldehydes is 1. The predicted octanol–water partition coefficient (Wildman–Crippen LogP) is 1.46. The Morgan fingerprint density at radius 3 is 2.17 bits per heavy atom. The van der Waals surface area contributed by atoms with Crippen LogP contribution in [-0.2, 0) is 4.79 Å². The third-order valence-corrected chi connectivity index (χ3v) is 1.08. The summed E-state index contributed by atoms with van der Waals surface area (Å²) < 4.78 is 0.